The Morgan fingerprint density at radius 1 is 1.00 bits per heavy atom. The molecule has 1 heterocycles. The molecule has 0 saturated carbocycles. The summed E-state index contributed by atoms with van der Waals surface area (Å²) in [7, 11) is 0. The normalized spacial score (nSPS) is 10.7. The molecule has 0 unspecified atom stereocenters. The number of benzene rings is 2. The topological polar surface area (TPSA) is 66.9 Å². The van der Waals surface area contributed by atoms with Gasteiger partial charge in [0, 0.05) is 18.4 Å². The Bertz CT molecular complexity index is 902. The molecule has 0 bridgehead atoms. The molecule has 5 nitrogen and oxygen atoms in total. The molecule has 0 fully saturated rings. The van der Waals surface area contributed by atoms with Crippen LogP contribution < -0.4 is 10.6 Å². The molecule has 3 aromatic rings. The molecular formula is C22H24N4O. The van der Waals surface area contributed by atoms with Crippen molar-refractivity contribution in [2.24, 2.45) is 0 Å². The minimum Gasteiger partial charge on any atom is -0.347 e. The van der Waals surface area contributed by atoms with E-state index in [2.05, 4.69) is 46.6 Å². The highest BCUT2D eigenvalue weighted by atomic mass is 16.1. The van der Waals surface area contributed by atoms with E-state index in [0.29, 0.717) is 24.1 Å². The fourth-order valence-electron chi connectivity index (χ4n) is 2.60. The second kappa shape index (κ2) is 8.45. The smallest absolute Gasteiger partial charge is 0.270 e. The van der Waals surface area contributed by atoms with Gasteiger partial charge in [0.25, 0.3) is 5.91 Å². The highest BCUT2D eigenvalue weighted by molar-refractivity contribution is 5.92. The Hall–Kier alpha value is -3.21. The number of carbonyl (C=O) groups is 1. The summed E-state index contributed by atoms with van der Waals surface area (Å²) in [5, 5.41) is 6.03. The van der Waals surface area contributed by atoms with Crippen molar-refractivity contribution in [3.63, 3.8) is 0 Å². The van der Waals surface area contributed by atoms with Crippen LogP contribution in [0.3, 0.4) is 0 Å². The average molecular weight is 360 g/mol. The zero-order chi connectivity index (χ0) is 19.2. The lowest BCUT2D eigenvalue weighted by Gasteiger charge is -2.09. The third kappa shape index (κ3) is 5.14. The first-order chi connectivity index (χ1) is 13.0. The van der Waals surface area contributed by atoms with Crippen LogP contribution in [0, 0.1) is 6.92 Å². The van der Waals surface area contributed by atoms with Crippen molar-refractivity contribution in [3.05, 3.63) is 83.2 Å². The first-order valence-corrected chi connectivity index (χ1v) is 9.05. The van der Waals surface area contributed by atoms with Crippen LogP contribution in [0.5, 0.6) is 0 Å². The number of nitrogens with zero attached hydrogens (tertiary/aromatic N) is 2. The summed E-state index contributed by atoms with van der Waals surface area (Å²) in [5.41, 5.74) is 4.73. The molecule has 2 N–H and O–H groups in total. The lowest BCUT2D eigenvalue weighted by molar-refractivity contribution is 0.0946. The van der Waals surface area contributed by atoms with Crippen molar-refractivity contribution in [2.45, 2.75) is 33.2 Å². The third-order valence-corrected chi connectivity index (χ3v) is 4.30. The van der Waals surface area contributed by atoms with Crippen LogP contribution in [0.4, 0.5) is 11.6 Å². The largest absolute Gasteiger partial charge is 0.347 e. The van der Waals surface area contributed by atoms with Crippen LogP contribution in [-0.2, 0) is 6.54 Å². The van der Waals surface area contributed by atoms with Gasteiger partial charge in [-0.2, -0.15) is 0 Å². The maximum absolute atomic E-state index is 12.4. The molecular weight excluding hydrogens is 336 g/mol. The molecule has 0 atom stereocenters. The van der Waals surface area contributed by atoms with Crippen molar-refractivity contribution in [1.29, 1.82) is 0 Å². The van der Waals surface area contributed by atoms with Gasteiger partial charge in [-0.1, -0.05) is 55.8 Å². The van der Waals surface area contributed by atoms with E-state index in [1.54, 1.807) is 12.3 Å². The molecule has 2 aromatic carbocycles. The van der Waals surface area contributed by atoms with Crippen LogP contribution in [0.15, 0.2) is 60.8 Å². The average Bonchev–Trinajstić information content (AvgIpc) is 2.68. The van der Waals surface area contributed by atoms with E-state index in [4.69, 9.17) is 0 Å². The van der Waals surface area contributed by atoms with Crippen molar-refractivity contribution >= 4 is 17.5 Å². The molecule has 5 heteroatoms. The van der Waals surface area contributed by atoms with Gasteiger partial charge >= 0.3 is 0 Å². The zero-order valence-corrected chi connectivity index (χ0v) is 15.9. The van der Waals surface area contributed by atoms with Gasteiger partial charge in [0.05, 0.1) is 0 Å². The van der Waals surface area contributed by atoms with Gasteiger partial charge < -0.3 is 10.6 Å². The monoisotopic (exact) mass is 360 g/mol. The molecule has 0 aliphatic carbocycles. The fraction of sp³-hybridized carbons (Fsp3) is 0.227. The molecule has 0 radical (unpaired) electrons. The summed E-state index contributed by atoms with van der Waals surface area (Å²) in [6.07, 6.45) is 1.58. The summed E-state index contributed by atoms with van der Waals surface area (Å²) in [5.74, 6) is 0.655. The first-order valence-electron chi connectivity index (χ1n) is 9.05. The number of aryl methyl sites for hydroxylation is 1. The molecule has 3 rings (SSSR count). The molecule has 0 spiro atoms. The minimum absolute atomic E-state index is 0.226. The number of hydrogen-bond acceptors (Lipinski definition) is 4. The van der Waals surface area contributed by atoms with E-state index in [9.17, 15) is 4.79 Å². The third-order valence-electron chi connectivity index (χ3n) is 4.30. The van der Waals surface area contributed by atoms with E-state index in [-0.39, 0.29) is 5.91 Å². The van der Waals surface area contributed by atoms with Gasteiger partial charge in [-0.15, -0.1) is 0 Å². The number of rotatable bonds is 6. The van der Waals surface area contributed by atoms with Crippen LogP contribution >= 0.6 is 0 Å². The first kappa shape index (κ1) is 18.6. The predicted octanol–water partition coefficient (Wildman–Crippen LogP) is 4.58. The quantitative estimate of drug-likeness (QED) is 0.675. The maximum atomic E-state index is 12.4. The van der Waals surface area contributed by atoms with E-state index in [0.717, 1.165) is 11.3 Å². The number of aromatic nitrogens is 2. The summed E-state index contributed by atoms with van der Waals surface area (Å²) in [4.78, 5) is 20.9. The molecule has 0 aliphatic heterocycles. The Morgan fingerprint density at radius 3 is 2.37 bits per heavy atom. The number of amides is 1. The number of carbonyl (C=O) groups excluding carboxylic acids is 1. The van der Waals surface area contributed by atoms with E-state index < -0.39 is 0 Å². The van der Waals surface area contributed by atoms with Gasteiger partial charge in [-0.05, 0) is 42.2 Å². The molecule has 0 saturated heterocycles. The van der Waals surface area contributed by atoms with Crippen LogP contribution in [0.2, 0.25) is 0 Å². The van der Waals surface area contributed by atoms with Gasteiger partial charge in [-0.25, -0.2) is 9.97 Å². The summed E-state index contributed by atoms with van der Waals surface area (Å²) in [6.45, 7) is 6.81. The second-order valence-corrected chi connectivity index (χ2v) is 6.84. The summed E-state index contributed by atoms with van der Waals surface area (Å²) < 4.78 is 0. The minimum atomic E-state index is -0.226. The standard InChI is InChI=1S/C22H24N4O/c1-15(2)18-8-10-19(11-9-18)25-22-23-13-12-20(26-22)21(27)24-14-17-6-4-16(3)5-7-17/h4-13,15H,14H2,1-3H3,(H,24,27)(H,23,25,26). The molecule has 138 valence electrons. The highest BCUT2D eigenvalue weighted by Crippen LogP contribution is 2.19. The van der Waals surface area contributed by atoms with E-state index >= 15 is 0 Å². The van der Waals surface area contributed by atoms with E-state index in [1.807, 2.05) is 43.3 Å². The van der Waals surface area contributed by atoms with Crippen LogP contribution in [0.1, 0.15) is 46.9 Å². The van der Waals surface area contributed by atoms with Gasteiger partial charge in [-0.3, -0.25) is 4.79 Å². The van der Waals surface area contributed by atoms with Crippen LogP contribution in [0.25, 0.3) is 0 Å². The summed E-state index contributed by atoms with van der Waals surface area (Å²) in [6, 6.07) is 17.8. The lowest BCUT2D eigenvalue weighted by Crippen LogP contribution is -2.24. The SMILES string of the molecule is Cc1ccc(CNC(=O)c2ccnc(Nc3ccc(C(C)C)cc3)n2)cc1. The molecule has 0 aliphatic rings. The fourth-order valence-corrected chi connectivity index (χ4v) is 2.60. The number of anilines is 2. The zero-order valence-electron chi connectivity index (χ0n) is 15.9. The number of hydrogen-bond donors (Lipinski definition) is 2. The maximum Gasteiger partial charge on any atom is 0.270 e. The second-order valence-electron chi connectivity index (χ2n) is 6.84. The Balaban J connectivity index is 1.63. The van der Waals surface area contributed by atoms with Gasteiger partial charge in [0.15, 0.2) is 0 Å². The molecule has 27 heavy (non-hydrogen) atoms. The Kier molecular flexibility index (Phi) is 5.81. The highest BCUT2D eigenvalue weighted by Gasteiger charge is 2.09. The predicted molar refractivity (Wildman–Crippen MR) is 108 cm³/mol. The van der Waals surface area contributed by atoms with Crippen molar-refractivity contribution in [1.82, 2.24) is 15.3 Å². The van der Waals surface area contributed by atoms with Crippen molar-refractivity contribution in [2.75, 3.05) is 5.32 Å². The van der Waals surface area contributed by atoms with Crippen molar-refractivity contribution < 1.29 is 4.79 Å². The van der Waals surface area contributed by atoms with Crippen molar-refractivity contribution in [3.8, 4) is 0 Å². The Labute approximate surface area is 159 Å². The van der Waals surface area contributed by atoms with Gasteiger partial charge in [0.2, 0.25) is 5.95 Å². The molecule has 1 amide bonds. The van der Waals surface area contributed by atoms with Gasteiger partial charge in [0.1, 0.15) is 5.69 Å². The summed E-state index contributed by atoms with van der Waals surface area (Å²) >= 11 is 0. The Morgan fingerprint density at radius 2 is 1.70 bits per heavy atom. The molecule has 1 aromatic heterocycles. The van der Waals surface area contributed by atoms with E-state index in [1.165, 1.54) is 11.1 Å². The van der Waals surface area contributed by atoms with Crippen LogP contribution in [-0.4, -0.2) is 15.9 Å². The number of nitrogens with one attached hydrogen (secondary N) is 2. The lowest BCUT2D eigenvalue weighted by atomic mass is 10.0.